The highest BCUT2D eigenvalue weighted by atomic mass is 19.4. The molecular formula is C20H19F3N4O2. The number of nitrogens with zero attached hydrogens (tertiary/aromatic N) is 3. The number of anilines is 1. The number of hydrogen-bond acceptors (Lipinski definition) is 4. The van der Waals surface area contributed by atoms with Crippen LogP contribution in [-0.4, -0.2) is 27.3 Å². The van der Waals surface area contributed by atoms with Crippen LogP contribution in [0.1, 0.15) is 34.1 Å². The lowest BCUT2D eigenvalue weighted by Gasteiger charge is -2.11. The topological polar surface area (TPSA) is 69.0 Å². The summed E-state index contributed by atoms with van der Waals surface area (Å²) >= 11 is 0. The number of alkyl halides is 3. The molecule has 0 aliphatic heterocycles. The van der Waals surface area contributed by atoms with E-state index in [0.717, 1.165) is 17.8 Å². The van der Waals surface area contributed by atoms with Crippen molar-refractivity contribution in [3.63, 3.8) is 0 Å². The highest BCUT2D eigenvalue weighted by Gasteiger charge is 2.30. The zero-order valence-electron chi connectivity index (χ0n) is 16.0. The van der Waals surface area contributed by atoms with Crippen LogP contribution < -0.4 is 10.1 Å². The van der Waals surface area contributed by atoms with Gasteiger partial charge < -0.3 is 10.1 Å². The molecule has 0 bridgehead atoms. The zero-order valence-corrected chi connectivity index (χ0v) is 16.0. The molecule has 9 heteroatoms. The molecule has 3 rings (SSSR count). The molecule has 0 atom stereocenters. The molecule has 0 radical (unpaired) electrons. The van der Waals surface area contributed by atoms with Crippen LogP contribution in [0.15, 0.2) is 42.6 Å². The number of carbonyl (C=O) groups excluding carboxylic acids is 1. The Morgan fingerprint density at radius 3 is 2.52 bits per heavy atom. The summed E-state index contributed by atoms with van der Waals surface area (Å²) in [6, 6.07) is 8.78. The average Bonchev–Trinajstić information content (AvgIpc) is 3.03. The largest absolute Gasteiger partial charge is 0.494 e. The van der Waals surface area contributed by atoms with Crippen molar-refractivity contribution in [2.45, 2.75) is 26.9 Å². The molecule has 2 heterocycles. The van der Waals surface area contributed by atoms with Crippen LogP contribution in [-0.2, 0) is 6.18 Å². The molecule has 0 aliphatic rings. The Bertz CT molecular complexity index is 1030. The van der Waals surface area contributed by atoms with Crippen molar-refractivity contribution in [3.8, 4) is 11.6 Å². The first-order chi connectivity index (χ1) is 13.7. The SMILES string of the molecule is CCOc1ccc(C(=O)Nc2cc(C)nn2-c2ccc(C(F)(F)F)cn2)cc1C. The predicted octanol–water partition coefficient (Wildman–Crippen LogP) is 4.55. The molecule has 0 spiro atoms. The highest BCUT2D eigenvalue weighted by molar-refractivity contribution is 6.04. The van der Waals surface area contributed by atoms with Crippen LogP contribution in [0.3, 0.4) is 0 Å². The van der Waals surface area contributed by atoms with Crippen molar-refractivity contribution < 1.29 is 22.7 Å². The second-order valence-electron chi connectivity index (χ2n) is 6.35. The van der Waals surface area contributed by atoms with Crippen LogP contribution in [0.2, 0.25) is 0 Å². The molecule has 0 saturated carbocycles. The summed E-state index contributed by atoms with van der Waals surface area (Å²) in [6.07, 6.45) is -3.75. The van der Waals surface area contributed by atoms with Gasteiger partial charge in [-0.25, -0.2) is 4.98 Å². The van der Waals surface area contributed by atoms with Crippen LogP contribution in [0.4, 0.5) is 19.0 Å². The van der Waals surface area contributed by atoms with Crippen molar-refractivity contribution in [1.82, 2.24) is 14.8 Å². The van der Waals surface area contributed by atoms with Gasteiger partial charge >= 0.3 is 6.18 Å². The van der Waals surface area contributed by atoms with Gasteiger partial charge in [-0.05, 0) is 56.7 Å². The monoisotopic (exact) mass is 404 g/mol. The van der Waals surface area contributed by atoms with E-state index in [9.17, 15) is 18.0 Å². The van der Waals surface area contributed by atoms with Crippen LogP contribution in [0.5, 0.6) is 5.75 Å². The van der Waals surface area contributed by atoms with E-state index in [0.29, 0.717) is 29.4 Å². The molecule has 3 aromatic rings. The van der Waals surface area contributed by atoms with Gasteiger partial charge in [0, 0.05) is 17.8 Å². The lowest BCUT2D eigenvalue weighted by atomic mass is 10.1. The molecule has 1 N–H and O–H groups in total. The van der Waals surface area contributed by atoms with Gasteiger partial charge in [-0.15, -0.1) is 0 Å². The van der Waals surface area contributed by atoms with Crippen molar-refractivity contribution in [1.29, 1.82) is 0 Å². The van der Waals surface area contributed by atoms with Gasteiger partial charge in [-0.3, -0.25) is 4.79 Å². The smallest absolute Gasteiger partial charge is 0.417 e. The molecule has 1 amide bonds. The summed E-state index contributed by atoms with van der Waals surface area (Å²) in [5.74, 6) is 0.763. The van der Waals surface area contributed by atoms with E-state index in [4.69, 9.17) is 4.74 Å². The number of nitrogens with one attached hydrogen (secondary N) is 1. The molecule has 2 aromatic heterocycles. The second-order valence-corrected chi connectivity index (χ2v) is 6.35. The number of carbonyl (C=O) groups is 1. The third-order valence-corrected chi connectivity index (χ3v) is 4.10. The number of halogens is 3. The maximum absolute atomic E-state index is 12.7. The van der Waals surface area contributed by atoms with Crippen LogP contribution >= 0.6 is 0 Å². The van der Waals surface area contributed by atoms with Crippen molar-refractivity contribution in [2.75, 3.05) is 11.9 Å². The first-order valence-electron chi connectivity index (χ1n) is 8.84. The molecular weight excluding hydrogens is 385 g/mol. The third-order valence-electron chi connectivity index (χ3n) is 4.10. The van der Waals surface area contributed by atoms with E-state index in [1.165, 1.54) is 10.7 Å². The Morgan fingerprint density at radius 2 is 1.93 bits per heavy atom. The fraction of sp³-hybridized carbons (Fsp3) is 0.250. The second kappa shape index (κ2) is 7.94. The Balaban J connectivity index is 1.86. The van der Waals surface area contributed by atoms with E-state index in [2.05, 4.69) is 15.4 Å². The van der Waals surface area contributed by atoms with Crippen molar-refractivity contribution in [3.05, 3.63) is 65.0 Å². The van der Waals surface area contributed by atoms with E-state index in [1.807, 2.05) is 13.8 Å². The summed E-state index contributed by atoms with van der Waals surface area (Å²) in [6.45, 7) is 5.93. The Labute approximate surface area is 165 Å². The number of amides is 1. The minimum atomic E-state index is -4.48. The minimum absolute atomic E-state index is 0.157. The van der Waals surface area contributed by atoms with Crippen LogP contribution in [0.25, 0.3) is 5.82 Å². The minimum Gasteiger partial charge on any atom is -0.494 e. The van der Waals surface area contributed by atoms with Crippen molar-refractivity contribution >= 4 is 11.7 Å². The normalized spacial score (nSPS) is 11.4. The van der Waals surface area contributed by atoms with E-state index < -0.39 is 11.7 Å². The molecule has 152 valence electrons. The fourth-order valence-corrected chi connectivity index (χ4v) is 2.74. The fourth-order valence-electron chi connectivity index (χ4n) is 2.74. The summed E-state index contributed by atoms with van der Waals surface area (Å²) in [4.78, 5) is 16.5. The van der Waals surface area contributed by atoms with Gasteiger partial charge in [0.15, 0.2) is 5.82 Å². The first-order valence-corrected chi connectivity index (χ1v) is 8.84. The maximum atomic E-state index is 12.7. The van der Waals surface area contributed by atoms with Gasteiger partial charge in [0.25, 0.3) is 5.91 Å². The number of rotatable bonds is 5. The quantitative estimate of drug-likeness (QED) is 0.677. The Hall–Kier alpha value is -3.36. The molecule has 6 nitrogen and oxygen atoms in total. The number of hydrogen-bond donors (Lipinski definition) is 1. The molecule has 0 saturated heterocycles. The van der Waals surface area contributed by atoms with E-state index >= 15 is 0 Å². The predicted molar refractivity (Wildman–Crippen MR) is 101 cm³/mol. The summed E-state index contributed by atoms with van der Waals surface area (Å²) in [5.41, 5.74) is 0.941. The number of pyridine rings is 1. The Morgan fingerprint density at radius 1 is 1.17 bits per heavy atom. The maximum Gasteiger partial charge on any atom is 0.417 e. The highest BCUT2D eigenvalue weighted by Crippen LogP contribution is 2.29. The van der Waals surface area contributed by atoms with Crippen LogP contribution in [0, 0.1) is 13.8 Å². The molecule has 0 fully saturated rings. The molecule has 29 heavy (non-hydrogen) atoms. The lowest BCUT2D eigenvalue weighted by molar-refractivity contribution is -0.137. The standard InChI is InChI=1S/C20H19F3N4O2/c1-4-29-16-7-5-14(9-12(16)2)19(28)25-18-10-13(3)26-27(18)17-8-6-15(11-24-17)20(21,22)23/h5-11H,4H2,1-3H3,(H,25,28). The Kier molecular flexibility index (Phi) is 5.58. The number of ether oxygens (including phenoxy) is 1. The van der Waals surface area contributed by atoms with Gasteiger partial charge in [-0.1, -0.05) is 0 Å². The molecule has 1 aromatic carbocycles. The lowest BCUT2D eigenvalue weighted by Crippen LogP contribution is -2.16. The number of benzene rings is 1. The summed E-state index contributed by atoms with van der Waals surface area (Å²) in [5, 5.41) is 6.94. The van der Waals surface area contributed by atoms with Gasteiger partial charge in [0.1, 0.15) is 11.6 Å². The van der Waals surface area contributed by atoms with Gasteiger partial charge in [-0.2, -0.15) is 23.0 Å². The summed E-state index contributed by atoms with van der Waals surface area (Å²) < 4.78 is 45.0. The first kappa shape index (κ1) is 20.4. The van der Waals surface area contributed by atoms with Crippen molar-refractivity contribution in [2.24, 2.45) is 0 Å². The number of aryl methyl sites for hydroxylation is 2. The average molecular weight is 404 g/mol. The van der Waals surface area contributed by atoms with Gasteiger partial charge in [0.2, 0.25) is 0 Å². The van der Waals surface area contributed by atoms with E-state index in [1.54, 1.807) is 31.2 Å². The molecule has 0 aliphatic carbocycles. The molecule has 0 unspecified atom stereocenters. The van der Waals surface area contributed by atoms with Gasteiger partial charge in [0.05, 0.1) is 17.9 Å². The third kappa shape index (κ3) is 4.56. The van der Waals surface area contributed by atoms with E-state index in [-0.39, 0.29) is 11.7 Å². The number of aromatic nitrogens is 3. The zero-order chi connectivity index (χ0) is 21.2. The summed E-state index contributed by atoms with van der Waals surface area (Å²) in [7, 11) is 0.